The van der Waals surface area contributed by atoms with Crippen molar-refractivity contribution in [3.63, 3.8) is 0 Å². The van der Waals surface area contributed by atoms with Gasteiger partial charge in [0.05, 0.1) is 14.2 Å². The van der Waals surface area contributed by atoms with Crippen molar-refractivity contribution in [2.75, 3.05) is 27.4 Å². The molecule has 0 N–H and O–H groups in total. The minimum atomic E-state index is -0.102. The molecule has 0 aliphatic rings. The monoisotopic (exact) mass is 358 g/mol. The van der Waals surface area contributed by atoms with E-state index in [1.807, 2.05) is 0 Å². The van der Waals surface area contributed by atoms with E-state index in [-0.39, 0.29) is 11.9 Å². The molecule has 0 aliphatic heterocycles. The van der Waals surface area contributed by atoms with Crippen LogP contribution in [-0.4, -0.2) is 39.4 Å². The Morgan fingerprint density at radius 1 is 0.520 bits per heavy atom. The number of carbonyl (C=O) groups excluding carboxylic acids is 2. The highest BCUT2D eigenvalue weighted by Gasteiger charge is 2.00. The van der Waals surface area contributed by atoms with Crippen molar-refractivity contribution in [1.29, 1.82) is 0 Å². The van der Waals surface area contributed by atoms with E-state index in [0.29, 0.717) is 12.8 Å². The fourth-order valence-corrected chi connectivity index (χ4v) is 2.67. The number of esters is 2. The zero-order valence-corrected chi connectivity index (χ0v) is 16.4. The summed E-state index contributed by atoms with van der Waals surface area (Å²) in [6.07, 6.45) is 14.7. The summed E-state index contributed by atoms with van der Waals surface area (Å²) in [7, 11) is 2.88. The number of hydrogen-bond acceptors (Lipinski definition) is 5. The lowest BCUT2D eigenvalue weighted by molar-refractivity contribution is -0.141. The molecule has 0 saturated heterocycles. The smallest absolute Gasteiger partial charge is 0.305 e. The first-order valence-corrected chi connectivity index (χ1v) is 9.92. The van der Waals surface area contributed by atoms with Gasteiger partial charge in [-0.05, 0) is 25.7 Å². The van der Waals surface area contributed by atoms with Gasteiger partial charge in [-0.3, -0.25) is 9.59 Å². The third-order valence-corrected chi connectivity index (χ3v) is 4.29. The first-order chi connectivity index (χ1) is 12.2. The fourth-order valence-electron chi connectivity index (χ4n) is 2.67. The van der Waals surface area contributed by atoms with Crippen LogP contribution in [-0.2, 0) is 23.8 Å². The Morgan fingerprint density at radius 3 is 1.20 bits per heavy atom. The highest BCUT2D eigenvalue weighted by Crippen LogP contribution is 2.09. The van der Waals surface area contributed by atoms with Crippen molar-refractivity contribution in [3.05, 3.63) is 0 Å². The van der Waals surface area contributed by atoms with E-state index < -0.39 is 0 Å². The summed E-state index contributed by atoms with van der Waals surface area (Å²) < 4.78 is 14.9. The number of rotatable bonds is 18. The molecular weight excluding hydrogens is 320 g/mol. The third-order valence-electron chi connectivity index (χ3n) is 4.29. The second kappa shape index (κ2) is 19.2. The van der Waals surface area contributed by atoms with Crippen molar-refractivity contribution >= 4 is 11.9 Å². The minimum Gasteiger partial charge on any atom is -0.469 e. The van der Waals surface area contributed by atoms with Crippen LogP contribution in [0.1, 0.15) is 89.9 Å². The van der Waals surface area contributed by atoms with E-state index in [1.54, 1.807) is 0 Å². The third kappa shape index (κ3) is 19.1. The van der Waals surface area contributed by atoms with Gasteiger partial charge in [-0.1, -0.05) is 51.4 Å². The summed E-state index contributed by atoms with van der Waals surface area (Å²) in [5, 5.41) is 0. The second-order valence-electron chi connectivity index (χ2n) is 6.51. The standard InChI is InChI=1S/C20H38O5/c1-23-19(21)15-11-7-3-5-9-13-17-25-18-14-10-6-4-8-12-16-20(22)24-2/h3-18H2,1-2H3. The van der Waals surface area contributed by atoms with Crippen molar-refractivity contribution in [3.8, 4) is 0 Å². The maximum atomic E-state index is 10.9. The Hall–Kier alpha value is -1.10. The fraction of sp³-hybridized carbons (Fsp3) is 0.900. The van der Waals surface area contributed by atoms with Gasteiger partial charge < -0.3 is 14.2 Å². The predicted molar refractivity (Wildman–Crippen MR) is 99.5 cm³/mol. The molecule has 25 heavy (non-hydrogen) atoms. The zero-order valence-electron chi connectivity index (χ0n) is 16.4. The molecule has 0 fully saturated rings. The topological polar surface area (TPSA) is 61.8 Å². The van der Waals surface area contributed by atoms with Crippen molar-refractivity contribution in [1.82, 2.24) is 0 Å². The molecule has 0 heterocycles. The summed E-state index contributed by atoms with van der Waals surface area (Å²) >= 11 is 0. The number of methoxy groups -OCH3 is 2. The average Bonchev–Trinajstić information content (AvgIpc) is 2.63. The second-order valence-corrected chi connectivity index (χ2v) is 6.51. The SMILES string of the molecule is COC(=O)CCCCCCCCOCCCCCCCCC(=O)OC. The molecular formula is C20H38O5. The number of ether oxygens (including phenoxy) is 3. The number of carbonyl (C=O) groups is 2. The molecule has 0 aliphatic carbocycles. The van der Waals surface area contributed by atoms with E-state index in [9.17, 15) is 9.59 Å². The van der Waals surface area contributed by atoms with Crippen LogP contribution in [0.5, 0.6) is 0 Å². The average molecular weight is 359 g/mol. The highest BCUT2D eigenvalue weighted by molar-refractivity contribution is 5.69. The summed E-state index contributed by atoms with van der Waals surface area (Å²) in [6, 6.07) is 0. The number of unbranched alkanes of at least 4 members (excludes halogenated alkanes) is 10. The lowest BCUT2D eigenvalue weighted by atomic mass is 10.1. The summed E-state index contributed by atoms with van der Waals surface area (Å²) in [6.45, 7) is 1.72. The van der Waals surface area contributed by atoms with Crippen LogP contribution < -0.4 is 0 Å². The molecule has 0 unspecified atom stereocenters. The summed E-state index contributed by atoms with van der Waals surface area (Å²) in [5.41, 5.74) is 0. The van der Waals surface area contributed by atoms with Crippen molar-refractivity contribution in [2.24, 2.45) is 0 Å². The van der Waals surface area contributed by atoms with E-state index in [0.717, 1.165) is 51.7 Å². The van der Waals surface area contributed by atoms with Crippen LogP contribution in [0.2, 0.25) is 0 Å². The molecule has 0 spiro atoms. The van der Waals surface area contributed by atoms with Crippen LogP contribution >= 0.6 is 0 Å². The van der Waals surface area contributed by atoms with Gasteiger partial charge in [-0.2, -0.15) is 0 Å². The van der Waals surface area contributed by atoms with Crippen LogP contribution in [0.3, 0.4) is 0 Å². The maximum absolute atomic E-state index is 10.9. The molecule has 0 aromatic heterocycles. The Labute approximate surface area is 153 Å². The van der Waals surface area contributed by atoms with Gasteiger partial charge in [-0.25, -0.2) is 0 Å². The Balaban J connectivity index is 3.05. The van der Waals surface area contributed by atoms with Gasteiger partial charge in [0.25, 0.3) is 0 Å². The van der Waals surface area contributed by atoms with Gasteiger partial charge in [-0.15, -0.1) is 0 Å². The van der Waals surface area contributed by atoms with E-state index in [4.69, 9.17) is 4.74 Å². The number of hydrogen-bond donors (Lipinski definition) is 0. The van der Waals surface area contributed by atoms with Gasteiger partial charge in [0.1, 0.15) is 0 Å². The van der Waals surface area contributed by atoms with Gasteiger partial charge >= 0.3 is 11.9 Å². The first-order valence-electron chi connectivity index (χ1n) is 9.92. The lowest BCUT2D eigenvalue weighted by Gasteiger charge is -2.05. The van der Waals surface area contributed by atoms with Gasteiger partial charge in [0.15, 0.2) is 0 Å². The van der Waals surface area contributed by atoms with Gasteiger partial charge in [0.2, 0.25) is 0 Å². The Bertz CT molecular complexity index is 287. The van der Waals surface area contributed by atoms with Crippen LogP contribution in [0.4, 0.5) is 0 Å². The molecule has 0 aromatic rings. The van der Waals surface area contributed by atoms with Crippen molar-refractivity contribution < 1.29 is 23.8 Å². The van der Waals surface area contributed by atoms with E-state index >= 15 is 0 Å². The normalized spacial score (nSPS) is 10.6. The van der Waals surface area contributed by atoms with Crippen LogP contribution in [0, 0.1) is 0 Å². The maximum Gasteiger partial charge on any atom is 0.305 e. The Morgan fingerprint density at radius 2 is 0.840 bits per heavy atom. The molecule has 0 aromatic carbocycles. The summed E-state index contributed by atoms with van der Waals surface area (Å²) in [5.74, 6) is -0.204. The lowest BCUT2D eigenvalue weighted by Crippen LogP contribution is -1.99. The molecule has 0 bridgehead atoms. The van der Waals surface area contributed by atoms with E-state index in [2.05, 4.69) is 9.47 Å². The van der Waals surface area contributed by atoms with Gasteiger partial charge in [0, 0.05) is 26.1 Å². The molecule has 0 saturated carbocycles. The van der Waals surface area contributed by atoms with Crippen LogP contribution in [0.25, 0.3) is 0 Å². The molecule has 0 amide bonds. The predicted octanol–water partition coefficient (Wildman–Crippen LogP) is 4.81. The Kier molecular flexibility index (Phi) is 18.4. The summed E-state index contributed by atoms with van der Waals surface area (Å²) in [4.78, 5) is 21.9. The highest BCUT2D eigenvalue weighted by atomic mass is 16.5. The molecule has 148 valence electrons. The zero-order chi connectivity index (χ0) is 18.6. The quantitative estimate of drug-likeness (QED) is 0.260. The largest absolute Gasteiger partial charge is 0.469 e. The van der Waals surface area contributed by atoms with E-state index in [1.165, 1.54) is 52.7 Å². The molecule has 0 radical (unpaired) electrons. The molecule has 0 atom stereocenters. The molecule has 0 rings (SSSR count). The molecule has 5 heteroatoms. The first kappa shape index (κ1) is 23.9. The van der Waals surface area contributed by atoms with Crippen molar-refractivity contribution in [2.45, 2.75) is 89.9 Å². The molecule has 5 nitrogen and oxygen atoms in total. The van der Waals surface area contributed by atoms with Crippen LogP contribution in [0.15, 0.2) is 0 Å². The minimum absolute atomic E-state index is 0.102.